The molecule has 0 aromatic heterocycles. The van der Waals surface area contributed by atoms with E-state index in [-0.39, 0.29) is 75.4 Å². The molecule has 0 heterocycles. The largest absolute Gasteiger partial charge is 0.481 e. The molecule has 6 heavy (non-hydrogen) atoms. The molecule has 0 rings (SSSR count). The number of carbonyl (C=O) groups is 1. The molecule has 0 unspecified atom stereocenters. The van der Waals surface area contributed by atoms with Crippen LogP contribution in [0, 0.1) is 0 Å². The van der Waals surface area contributed by atoms with Crippen LogP contribution in [-0.4, -0.2) is 62.5 Å². The van der Waals surface area contributed by atoms with Crippen LogP contribution >= 0.6 is 24.0 Å². The van der Waals surface area contributed by atoms with E-state index in [1.54, 1.807) is 0 Å². The molecule has 1 N–H and O–H groups in total. The van der Waals surface area contributed by atoms with Crippen molar-refractivity contribution in [1.82, 2.24) is 0 Å². The number of aliphatic carboxylic acids is 1. The SMILES string of the molecule is CC(=O)O.I.[K]. The zero-order chi connectivity index (χ0) is 3.58. The first-order chi connectivity index (χ1) is 1.73. The van der Waals surface area contributed by atoms with E-state index in [1.807, 2.05) is 0 Å². The van der Waals surface area contributed by atoms with Crippen LogP contribution in [0.4, 0.5) is 0 Å². The molecule has 0 aromatic carbocycles. The number of hydrogen-bond donors (Lipinski definition) is 1. The average Bonchev–Trinajstić information content (AvgIpc) is 0.811. The standard InChI is InChI=1S/C2H4O2.HI.K/c1-2(3)4;;/h1H3,(H,3,4);1H;. The minimum absolute atomic E-state index is 0. The maximum atomic E-state index is 9.00. The number of hydrogen-bond acceptors (Lipinski definition) is 1. The van der Waals surface area contributed by atoms with Gasteiger partial charge in [-0.1, -0.05) is 0 Å². The summed E-state index contributed by atoms with van der Waals surface area (Å²) in [5.74, 6) is -0.833. The van der Waals surface area contributed by atoms with Gasteiger partial charge in [-0.2, -0.15) is 0 Å². The summed E-state index contributed by atoms with van der Waals surface area (Å²) in [5.41, 5.74) is 0. The first-order valence-electron chi connectivity index (χ1n) is 0.928. The third-order valence-corrected chi connectivity index (χ3v) is 0. The first kappa shape index (κ1) is 15.7. The van der Waals surface area contributed by atoms with Crippen molar-refractivity contribution in [3.8, 4) is 0 Å². The molecule has 0 aromatic rings. The molecular weight excluding hydrogens is 222 g/mol. The molecule has 0 aliphatic heterocycles. The smallest absolute Gasteiger partial charge is 0.300 e. The summed E-state index contributed by atoms with van der Waals surface area (Å²) in [6, 6.07) is 0. The maximum absolute atomic E-state index is 9.00. The van der Waals surface area contributed by atoms with Gasteiger partial charge in [0.2, 0.25) is 0 Å². The predicted octanol–water partition coefficient (Wildman–Crippen LogP) is 0.328. The van der Waals surface area contributed by atoms with Gasteiger partial charge in [0.1, 0.15) is 0 Å². The second-order valence-corrected chi connectivity index (χ2v) is 0.519. The summed E-state index contributed by atoms with van der Waals surface area (Å²) < 4.78 is 0. The fourth-order valence-corrected chi connectivity index (χ4v) is 0. The molecule has 4 heteroatoms. The van der Waals surface area contributed by atoms with E-state index in [4.69, 9.17) is 9.90 Å². The van der Waals surface area contributed by atoms with Gasteiger partial charge in [-0.15, -0.1) is 24.0 Å². The van der Waals surface area contributed by atoms with Crippen molar-refractivity contribution < 1.29 is 9.90 Å². The number of carboxylic acid groups (broad SMARTS) is 1. The topological polar surface area (TPSA) is 37.3 Å². The molecule has 0 aliphatic carbocycles. The number of halogens is 1. The molecular formula is C2H5IKO2. The first-order valence-corrected chi connectivity index (χ1v) is 0.928. The average molecular weight is 227 g/mol. The Hall–Kier alpha value is 1.84. The number of carboxylic acids is 1. The molecule has 0 saturated carbocycles. The Bertz CT molecular complexity index is 34.5. The summed E-state index contributed by atoms with van der Waals surface area (Å²) in [6.07, 6.45) is 0. The van der Waals surface area contributed by atoms with Crippen LogP contribution in [-0.2, 0) is 4.79 Å². The van der Waals surface area contributed by atoms with E-state index in [0.717, 1.165) is 6.92 Å². The van der Waals surface area contributed by atoms with Crippen molar-refractivity contribution in [2.24, 2.45) is 0 Å². The molecule has 0 amide bonds. The third kappa shape index (κ3) is 40.5. The fraction of sp³-hybridized carbons (Fsp3) is 0.500. The van der Waals surface area contributed by atoms with Crippen molar-refractivity contribution in [1.29, 1.82) is 0 Å². The van der Waals surface area contributed by atoms with Gasteiger partial charge in [0.05, 0.1) is 0 Å². The predicted molar refractivity (Wildman–Crippen MR) is 34.5 cm³/mol. The van der Waals surface area contributed by atoms with Crippen LogP contribution in [0.25, 0.3) is 0 Å². The molecule has 2 nitrogen and oxygen atoms in total. The Morgan fingerprint density at radius 2 is 1.67 bits per heavy atom. The fourth-order valence-electron chi connectivity index (χ4n) is 0. The zero-order valence-corrected chi connectivity index (χ0v) is 9.22. The maximum Gasteiger partial charge on any atom is 0.300 e. The minimum atomic E-state index is -0.833. The second kappa shape index (κ2) is 9.96. The summed E-state index contributed by atoms with van der Waals surface area (Å²) in [7, 11) is 0. The summed E-state index contributed by atoms with van der Waals surface area (Å²) >= 11 is 0. The summed E-state index contributed by atoms with van der Waals surface area (Å²) in [4.78, 5) is 9.00. The minimum Gasteiger partial charge on any atom is -0.481 e. The molecule has 33 valence electrons. The van der Waals surface area contributed by atoms with Crippen LogP contribution in [0.2, 0.25) is 0 Å². The van der Waals surface area contributed by atoms with Gasteiger partial charge in [-0.05, 0) is 0 Å². The third-order valence-electron chi connectivity index (χ3n) is 0. The second-order valence-electron chi connectivity index (χ2n) is 0.519. The van der Waals surface area contributed by atoms with E-state index in [1.165, 1.54) is 0 Å². The van der Waals surface area contributed by atoms with Crippen LogP contribution in [0.15, 0.2) is 0 Å². The monoisotopic (exact) mass is 227 g/mol. The van der Waals surface area contributed by atoms with Gasteiger partial charge in [-0.25, -0.2) is 0 Å². The zero-order valence-electron chi connectivity index (χ0n) is 3.76. The summed E-state index contributed by atoms with van der Waals surface area (Å²) in [5, 5.41) is 7.42. The van der Waals surface area contributed by atoms with E-state index < -0.39 is 5.97 Å². The normalized spacial score (nSPS) is 4.17. The van der Waals surface area contributed by atoms with Gasteiger partial charge in [0.25, 0.3) is 5.97 Å². The van der Waals surface area contributed by atoms with Crippen molar-refractivity contribution in [3.63, 3.8) is 0 Å². The molecule has 0 aliphatic rings. The van der Waals surface area contributed by atoms with Gasteiger partial charge in [0, 0.05) is 58.3 Å². The number of rotatable bonds is 0. The Balaban J connectivity index is -0.0000000450. The Kier molecular flexibility index (Phi) is 26.0. The Labute approximate surface area is 96.1 Å². The van der Waals surface area contributed by atoms with Gasteiger partial charge >= 0.3 is 0 Å². The van der Waals surface area contributed by atoms with E-state index in [2.05, 4.69) is 0 Å². The van der Waals surface area contributed by atoms with E-state index in [0.29, 0.717) is 0 Å². The van der Waals surface area contributed by atoms with Crippen molar-refractivity contribution in [2.75, 3.05) is 0 Å². The molecule has 0 saturated heterocycles. The van der Waals surface area contributed by atoms with Gasteiger partial charge in [0.15, 0.2) is 0 Å². The van der Waals surface area contributed by atoms with Crippen molar-refractivity contribution in [2.45, 2.75) is 6.92 Å². The van der Waals surface area contributed by atoms with Crippen LogP contribution in [0.5, 0.6) is 0 Å². The van der Waals surface area contributed by atoms with E-state index in [9.17, 15) is 0 Å². The van der Waals surface area contributed by atoms with Crippen molar-refractivity contribution >= 4 is 81.3 Å². The van der Waals surface area contributed by atoms with Crippen LogP contribution in [0.3, 0.4) is 0 Å². The van der Waals surface area contributed by atoms with Crippen molar-refractivity contribution in [3.05, 3.63) is 0 Å². The molecule has 0 fully saturated rings. The molecule has 0 atom stereocenters. The van der Waals surface area contributed by atoms with Gasteiger partial charge < -0.3 is 5.11 Å². The quantitative estimate of drug-likeness (QED) is 0.478. The van der Waals surface area contributed by atoms with Crippen LogP contribution < -0.4 is 0 Å². The van der Waals surface area contributed by atoms with Crippen LogP contribution in [0.1, 0.15) is 6.92 Å². The molecule has 0 bridgehead atoms. The molecule has 1 radical (unpaired) electrons. The van der Waals surface area contributed by atoms with Gasteiger partial charge in [-0.3, -0.25) is 4.79 Å². The van der Waals surface area contributed by atoms with E-state index >= 15 is 0 Å². The molecule has 0 spiro atoms. The Morgan fingerprint density at radius 1 is 1.67 bits per heavy atom. The summed E-state index contributed by atoms with van der Waals surface area (Å²) in [6.45, 7) is 1.08. The Morgan fingerprint density at radius 3 is 1.67 bits per heavy atom.